The molecule has 6 heteroatoms. The predicted molar refractivity (Wildman–Crippen MR) is 95.7 cm³/mol. The Morgan fingerprint density at radius 3 is 2.42 bits per heavy atom. The van der Waals surface area contributed by atoms with Crippen molar-refractivity contribution in [3.8, 4) is 0 Å². The number of imide groups is 1. The summed E-state index contributed by atoms with van der Waals surface area (Å²) in [5, 5.41) is 6.71. The summed E-state index contributed by atoms with van der Waals surface area (Å²) in [6.45, 7) is 3.22. The molecule has 0 aromatic heterocycles. The maximum absolute atomic E-state index is 11.8. The van der Waals surface area contributed by atoms with Gasteiger partial charge in [0.2, 0.25) is 11.8 Å². The van der Waals surface area contributed by atoms with Crippen LogP contribution in [0.15, 0.2) is 4.99 Å². The number of carbonyl (C=O) groups is 2. The van der Waals surface area contributed by atoms with Gasteiger partial charge in [0.25, 0.3) is 0 Å². The molecule has 2 N–H and O–H groups in total. The number of likely N-dealkylation sites (tertiary alicyclic amines) is 1. The van der Waals surface area contributed by atoms with Crippen molar-refractivity contribution in [3.05, 3.63) is 0 Å². The number of guanidine groups is 1. The third kappa shape index (κ3) is 5.49. The molecular weight excluding hydrogens is 304 g/mol. The van der Waals surface area contributed by atoms with E-state index in [0.29, 0.717) is 38.4 Å². The second-order valence-electron chi connectivity index (χ2n) is 6.94. The molecule has 1 heterocycles. The maximum atomic E-state index is 11.8. The van der Waals surface area contributed by atoms with Crippen molar-refractivity contribution in [2.45, 2.75) is 70.8 Å². The Hall–Kier alpha value is -1.59. The molecule has 0 aromatic rings. The van der Waals surface area contributed by atoms with Crippen LogP contribution < -0.4 is 10.6 Å². The van der Waals surface area contributed by atoms with E-state index < -0.39 is 0 Å². The molecule has 0 aromatic carbocycles. The standard InChI is InChI=1S/C18H32N4O2/c1-3-5-14-8-10-15(11-9-14)21-18(19-2)20-12-13-22-16(23)6-4-7-17(22)24/h14-15H,3-13H2,1-2H3,(H2,19,20,21). The molecule has 0 atom stereocenters. The minimum Gasteiger partial charge on any atom is -0.355 e. The number of nitrogens with one attached hydrogen (secondary N) is 2. The molecule has 0 spiro atoms. The number of piperidine rings is 1. The van der Waals surface area contributed by atoms with Crippen LogP contribution in [0.3, 0.4) is 0 Å². The number of hydrogen-bond donors (Lipinski definition) is 2. The van der Waals surface area contributed by atoms with Crippen molar-refractivity contribution in [1.82, 2.24) is 15.5 Å². The van der Waals surface area contributed by atoms with Gasteiger partial charge in [-0.25, -0.2) is 0 Å². The highest BCUT2D eigenvalue weighted by molar-refractivity contribution is 5.97. The van der Waals surface area contributed by atoms with Crippen LogP contribution >= 0.6 is 0 Å². The van der Waals surface area contributed by atoms with E-state index >= 15 is 0 Å². The second kappa shape index (κ2) is 9.64. The summed E-state index contributed by atoms with van der Waals surface area (Å²) in [4.78, 5) is 29.2. The maximum Gasteiger partial charge on any atom is 0.229 e. The molecule has 1 aliphatic heterocycles. The zero-order valence-electron chi connectivity index (χ0n) is 15.1. The van der Waals surface area contributed by atoms with Gasteiger partial charge in [-0.2, -0.15) is 0 Å². The van der Waals surface area contributed by atoms with E-state index in [2.05, 4.69) is 22.5 Å². The molecule has 0 radical (unpaired) electrons. The van der Waals surface area contributed by atoms with Crippen molar-refractivity contribution < 1.29 is 9.59 Å². The van der Waals surface area contributed by atoms with Crippen LogP contribution in [0.5, 0.6) is 0 Å². The minimum atomic E-state index is -0.0507. The fourth-order valence-electron chi connectivity index (χ4n) is 3.73. The van der Waals surface area contributed by atoms with Gasteiger partial charge >= 0.3 is 0 Å². The second-order valence-corrected chi connectivity index (χ2v) is 6.94. The molecule has 2 aliphatic rings. The summed E-state index contributed by atoms with van der Waals surface area (Å²) >= 11 is 0. The molecule has 2 fully saturated rings. The number of amides is 2. The van der Waals surface area contributed by atoms with Crippen molar-refractivity contribution in [2.75, 3.05) is 20.1 Å². The van der Waals surface area contributed by atoms with Gasteiger partial charge < -0.3 is 10.6 Å². The quantitative estimate of drug-likeness (QED) is 0.442. The molecule has 0 unspecified atom stereocenters. The third-order valence-electron chi connectivity index (χ3n) is 5.12. The zero-order valence-corrected chi connectivity index (χ0v) is 15.1. The Morgan fingerprint density at radius 2 is 1.83 bits per heavy atom. The SMILES string of the molecule is CCCC1CCC(NC(=NC)NCCN2C(=O)CCCC2=O)CC1. The molecule has 136 valence electrons. The van der Waals surface area contributed by atoms with Crippen LogP contribution in [-0.4, -0.2) is 48.9 Å². The van der Waals surface area contributed by atoms with E-state index in [1.54, 1.807) is 7.05 Å². The Kier molecular flexibility index (Phi) is 7.53. The average Bonchev–Trinajstić information content (AvgIpc) is 2.58. The summed E-state index contributed by atoms with van der Waals surface area (Å²) in [5.74, 6) is 1.56. The smallest absolute Gasteiger partial charge is 0.229 e. The first-order valence-corrected chi connectivity index (χ1v) is 9.44. The number of rotatable bonds is 6. The summed E-state index contributed by atoms with van der Waals surface area (Å²) in [6, 6.07) is 0.475. The van der Waals surface area contributed by atoms with Crippen molar-refractivity contribution >= 4 is 17.8 Å². The molecule has 1 aliphatic carbocycles. The zero-order chi connectivity index (χ0) is 17.4. The third-order valence-corrected chi connectivity index (χ3v) is 5.12. The molecule has 2 rings (SSSR count). The average molecular weight is 336 g/mol. The lowest BCUT2D eigenvalue weighted by Crippen LogP contribution is -2.49. The van der Waals surface area contributed by atoms with Gasteiger partial charge in [-0.15, -0.1) is 0 Å². The van der Waals surface area contributed by atoms with Gasteiger partial charge in [-0.1, -0.05) is 19.8 Å². The van der Waals surface area contributed by atoms with E-state index in [9.17, 15) is 9.59 Å². The lowest BCUT2D eigenvalue weighted by molar-refractivity contribution is -0.147. The highest BCUT2D eigenvalue weighted by atomic mass is 16.2. The highest BCUT2D eigenvalue weighted by Gasteiger charge is 2.25. The van der Waals surface area contributed by atoms with Crippen molar-refractivity contribution in [3.63, 3.8) is 0 Å². The van der Waals surface area contributed by atoms with Crippen LogP contribution in [0.2, 0.25) is 0 Å². The lowest BCUT2D eigenvalue weighted by atomic mass is 9.83. The molecule has 1 saturated carbocycles. The summed E-state index contributed by atoms with van der Waals surface area (Å²) in [5.41, 5.74) is 0. The first kappa shape index (κ1) is 18.7. The van der Waals surface area contributed by atoms with Crippen LogP contribution in [0, 0.1) is 5.92 Å². The summed E-state index contributed by atoms with van der Waals surface area (Å²) in [7, 11) is 1.76. The predicted octanol–water partition coefficient (Wildman–Crippen LogP) is 2.05. The largest absolute Gasteiger partial charge is 0.355 e. The van der Waals surface area contributed by atoms with Crippen molar-refractivity contribution in [2.24, 2.45) is 10.9 Å². The van der Waals surface area contributed by atoms with Crippen LogP contribution in [0.4, 0.5) is 0 Å². The molecule has 0 bridgehead atoms. The molecule has 6 nitrogen and oxygen atoms in total. The normalized spacial score (nSPS) is 25.8. The number of nitrogens with zero attached hydrogens (tertiary/aromatic N) is 2. The topological polar surface area (TPSA) is 73.8 Å². The fourth-order valence-corrected chi connectivity index (χ4v) is 3.73. The van der Waals surface area contributed by atoms with Crippen LogP contribution in [0.1, 0.15) is 64.7 Å². The van der Waals surface area contributed by atoms with Gasteiger partial charge in [0.05, 0.1) is 0 Å². The summed E-state index contributed by atoms with van der Waals surface area (Å²) < 4.78 is 0. The van der Waals surface area contributed by atoms with E-state index in [1.807, 2.05) is 0 Å². The number of carbonyl (C=O) groups excluding carboxylic acids is 2. The Bertz CT molecular complexity index is 440. The van der Waals surface area contributed by atoms with E-state index in [4.69, 9.17) is 0 Å². The first-order chi connectivity index (χ1) is 11.6. The first-order valence-electron chi connectivity index (χ1n) is 9.44. The fraction of sp³-hybridized carbons (Fsp3) is 0.833. The lowest BCUT2D eigenvalue weighted by Gasteiger charge is -2.30. The monoisotopic (exact) mass is 336 g/mol. The van der Waals surface area contributed by atoms with E-state index in [1.165, 1.54) is 43.4 Å². The van der Waals surface area contributed by atoms with Crippen LogP contribution in [-0.2, 0) is 9.59 Å². The van der Waals surface area contributed by atoms with Gasteiger partial charge in [-0.05, 0) is 38.0 Å². The van der Waals surface area contributed by atoms with Crippen LogP contribution in [0.25, 0.3) is 0 Å². The van der Waals surface area contributed by atoms with Crippen molar-refractivity contribution in [1.29, 1.82) is 0 Å². The molecule has 2 amide bonds. The van der Waals surface area contributed by atoms with Gasteiger partial charge in [0.1, 0.15) is 0 Å². The van der Waals surface area contributed by atoms with E-state index in [-0.39, 0.29) is 11.8 Å². The van der Waals surface area contributed by atoms with E-state index in [0.717, 1.165) is 11.9 Å². The Morgan fingerprint density at radius 1 is 1.17 bits per heavy atom. The Balaban J connectivity index is 1.69. The number of hydrogen-bond acceptors (Lipinski definition) is 3. The number of aliphatic imine (C=N–C) groups is 1. The minimum absolute atomic E-state index is 0.0507. The molecular formula is C18H32N4O2. The van der Waals surface area contributed by atoms with Gasteiger partial charge in [0, 0.05) is 39.0 Å². The Labute approximate surface area is 145 Å². The van der Waals surface area contributed by atoms with Gasteiger partial charge in [0.15, 0.2) is 5.96 Å². The summed E-state index contributed by atoms with van der Waals surface area (Å²) in [6.07, 6.45) is 9.24. The highest BCUT2D eigenvalue weighted by Crippen LogP contribution is 2.27. The van der Waals surface area contributed by atoms with Gasteiger partial charge in [-0.3, -0.25) is 19.5 Å². The molecule has 1 saturated heterocycles. The molecule has 24 heavy (non-hydrogen) atoms.